The lowest BCUT2D eigenvalue weighted by Gasteiger charge is -2.27. The summed E-state index contributed by atoms with van der Waals surface area (Å²) in [5.41, 5.74) is 0. The summed E-state index contributed by atoms with van der Waals surface area (Å²) in [6.07, 6.45) is 3.93. The van der Waals surface area contributed by atoms with E-state index in [1.54, 1.807) is 0 Å². The van der Waals surface area contributed by atoms with E-state index < -0.39 is 0 Å². The first kappa shape index (κ1) is 14.5. The molecule has 1 aliphatic heterocycles. The molecule has 1 saturated heterocycles. The van der Waals surface area contributed by atoms with Crippen LogP contribution in [0.5, 0.6) is 0 Å². The lowest BCUT2D eigenvalue weighted by molar-refractivity contribution is -0.141. The minimum absolute atomic E-state index is 0.150. The van der Waals surface area contributed by atoms with Crippen LogP contribution in [0.4, 0.5) is 0 Å². The van der Waals surface area contributed by atoms with Crippen molar-refractivity contribution in [2.75, 3.05) is 20.3 Å². The molecule has 0 aromatic heterocycles. The molecule has 0 spiro atoms. The Labute approximate surface area is 104 Å². The fourth-order valence-corrected chi connectivity index (χ4v) is 2.43. The minimum Gasteiger partial charge on any atom is -0.469 e. The summed E-state index contributed by atoms with van der Waals surface area (Å²) >= 11 is 0. The number of carbonyl (C=O) groups is 1. The highest BCUT2D eigenvalue weighted by Crippen LogP contribution is 2.20. The first-order chi connectivity index (χ1) is 8.11. The van der Waals surface area contributed by atoms with Crippen LogP contribution in [-0.4, -0.2) is 38.4 Å². The predicted molar refractivity (Wildman–Crippen MR) is 66.9 cm³/mol. The third-order valence-corrected chi connectivity index (χ3v) is 3.30. The second kappa shape index (κ2) is 7.67. The molecule has 0 bridgehead atoms. The van der Waals surface area contributed by atoms with Gasteiger partial charge in [-0.05, 0) is 39.0 Å². The molecule has 0 aromatic carbocycles. The van der Waals surface area contributed by atoms with Crippen LogP contribution in [0.3, 0.4) is 0 Å². The van der Waals surface area contributed by atoms with Gasteiger partial charge in [-0.2, -0.15) is 0 Å². The maximum Gasteiger partial charge on any atom is 0.307 e. The fraction of sp³-hybridized carbons (Fsp3) is 0.923. The lowest BCUT2D eigenvalue weighted by Crippen LogP contribution is -2.38. The van der Waals surface area contributed by atoms with E-state index in [9.17, 15) is 4.79 Å². The van der Waals surface area contributed by atoms with Gasteiger partial charge in [0.2, 0.25) is 0 Å². The van der Waals surface area contributed by atoms with E-state index in [1.807, 2.05) is 6.92 Å². The fourth-order valence-electron chi connectivity index (χ4n) is 2.43. The molecular formula is C13H25NO3. The van der Waals surface area contributed by atoms with Crippen molar-refractivity contribution in [1.82, 2.24) is 5.32 Å². The second-order valence-electron chi connectivity index (χ2n) is 5.04. The van der Waals surface area contributed by atoms with Gasteiger partial charge in [-0.25, -0.2) is 0 Å². The van der Waals surface area contributed by atoms with Crippen molar-refractivity contribution >= 4 is 5.97 Å². The summed E-state index contributed by atoms with van der Waals surface area (Å²) < 4.78 is 10.0. The first-order valence-electron chi connectivity index (χ1n) is 6.52. The normalized spacial score (nSPS) is 20.9. The first-order valence-corrected chi connectivity index (χ1v) is 6.52. The van der Waals surface area contributed by atoms with Crippen LogP contribution in [-0.2, 0) is 14.3 Å². The number of methoxy groups -OCH3 is 1. The Morgan fingerprint density at radius 1 is 1.35 bits per heavy atom. The molecule has 0 aromatic rings. The number of rotatable bonds is 6. The monoisotopic (exact) mass is 243 g/mol. The zero-order valence-corrected chi connectivity index (χ0v) is 11.2. The molecule has 0 amide bonds. The highest BCUT2D eigenvalue weighted by atomic mass is 16.5. The second-order valence-corrected chi connectivity index (χ2v) is 5.04. The van der Waals surface area contributed by atoms with Gasteiger partial charge in [0, 0.05) is 25.3 Å². The van der Waals surface area contributed by atoms with E-state index in [4.69, 9.17) is 4.74 Å². The molecule has 0 aliphatic carbocycles. The van der Waals surface area contributed by atoms with Crippen molar-refractivity contribution in [3.63, 3.8) is 0 Å². The number of hydrogen-bond acceptors (Lipinski definition) is 4. The summed E-state index contributed by atoms with van der Waals surface area (Å²) in [6, 6.07) is 0.620. The molecule has 4 nitrogen and oxygen atoms in total. The maximum atomic E-state index is 11.1. The van der Waals surface area contributed by atoms with Crippen molar-refractivity contribution < 1.29 is 14.3 Å². The average Bonchev–Trinajstić information content (AvgIpc) is 2.29. The van der Waals surface area contributed by atoms with Crippen LogP contribution in [0.2, 0.25) is 0 Å². The largest absolute Gasteiger partial charge is 0.469 e. The molecular weight excluding hydrogens is 218 g/mol. The molecule has 1 rings (SSSR count). The Hall–Kier alpha value is -0.610. The Bertz CT molecular complexity index is 227. The zero-order valence-electron chi connectivity index (χ0n) is 11.2. The van der Waals surface area contributed by atoms with E-state index in [0.29, 0.717) is 12.5 Å². The van der Waals surface area contributed by atoms with Crippen LogP contribution in [0.25, 0.3) is 0 Å². The molecule has 2 atom stereocenters. The Morgan fingerprint density at radius 3 is 2.59 bits per heavy atom. The van der Waals surface area contributed by atoms with Gasteiger partial charge in [0.05, 0.1) is 13.5 Å². The van der Waals surface area contributed by atoms with E-state index in [0.717, 1.165) is 38.4 Å². The minimum atomic E-state index is -0.150. The number of carbonyl (C=O) groups excluding carboxylic acids is 1. The van der Waals surface area contributed by atoms with Gasteiger partial charge in [0.25, 0.3) is 0 Å². The summed E-state index contributed by atoms with van der Waals surface area (Å²) in [5.74, 6) is 0.611. The SMILES string of the molecule is COC(=O)C[C@@H](C)NC(C)CC1CCOCC1. The van der Waals surface area contributed by atoms with Crippen LogP contribution < -0.4 is 5.32 Å². The molecule has 100 valence electrons. The van der Waals surface area contributed by atoms with Crippen molar-refractivity contribution in [2.45, 2.75) is 51.6 Å². The van der Waals surface area contributed by atoms with E-state index in [1.165, 1.54) is 7.11 Å². The molecule has 1 unspecified atom stereocenters. The van der Waals surface area contributed by atoms with Crippen LogP contribution in [0, 0.1) is 5.92 Å². The number of nitrogens with one attached hydrogen (secondary N) is 1. The molecule has 1 aliphatic rings. The molecule has 1 N–H and O–H groups in total. The molecule has 1 heterocycles. The molecule has 1 fully saturated rings. The number of hydrogen-bond donors (Lipinski definition) is 1. The molecule has 4 heteroatoms. The summed E-state index contributed by atoms with van der Waals surface area (Å²) in [4.78, 5) is 11.1. The van der Waals surface area contributed by atoms with Crippen LogP contribution in [0.1, 0.15) is 39.5 Å². The van der Waals surface area contributed by atoms with Crippen LogP contribution in [0.15, 0.2) is 0 Å². The van der Waals surface area contributed by atoms with Gasteiger partial charge in [0.15, 0.2) is 0 Å². The molecule has 0 saturated carbocycles. The smallest absolute Gasteiger partial charge is 0.307 e. The Morgan fingerprint density at radius 2 is 2.00 bits per heavy atom. The molecule has 17 heavy (non-hydrogen) atoms. The third-order valence-electron chi connectivity index (χ3n) is 3.30. The average molecular weight is 243 g/mol. The topological polar surface area (TPSA) is 47.6 Å². The molecule has 0 radical (unpaired) electrons. The van der Waals surface area contributed by atoms with Gasteiger partial charge in [-0.1, -0.05) is 0 Å². The highest BCUT2D eigenvalue weighted by Gasteiger charge is 2.18. The van der Waals surface area contributed by atoms with E-state index in [-0.39, 0.29) is 12.0 Å². The lowest BCUT2D eigenvalue weighted by atomic mass is 9.93. The van der Waals surface area contributed by atoms with Crippen molar-refractivity contribution in [3.8, 4) is 0 Å². The third kappa shape index (κ3) is 6.03. The quantitative estimate of drug-likeness (QED) is 0.722. The highest BCUT2D eigenvalue weighted by molar-refractivity contribution is 5.69. The Kier molecular flexibility index (Phi) is 6.52. The number of ether oxygens (including phenoxy) is 2. The van der Waals surface area contributed by atoms with Gasteiger partial charge in [-0.15, -0.1) is 0 Å². The van der Waals surface area contributed by atoms with Gasteiger partial charge in [-0.3, -0.25) is 4.79 Å². The predicted octanol–water partition coefficient (Wildman–Crippen LogP) is 1.73. The van der Waals surface area contributed by atoms with Crippen molar-refractivity contribution in [2.24, 2.45) is 5.92 Å². The van der Waals surface area contributed by atoms with E-state index >= 15 is 0 Å². The zero-order chi connectivity index (χ0) is 12.7. The van der Waals surface area contributed by atoms with Crippen molar-refractivity contribution in [1.29, 1.82) is 0 Å². The summed E-state index contributed by atoms with van der Waals surface area (Å²) in [7, 11) is 1.43. The van der Waals surface area contributed by atoms with Crippen molar-refractivity contribution in [3.05, 3.63) is 0 Å². The maximum absolute atomic E-state index is 11.1. The number of esters is 1. The van der Waals surface area contributed by atoms with Gasteiger partial charge >= 0.3 is 5.97 Å². The summed E-state index contributed by atoms with van der Waals surface area (Å²) in [5, 5.41) is 3.45. The van der Waals surface area contributed by atoms with Gasteiger partial charge < -0.3 is 14.8 Å². The Balaban J connectivity index is 2.18. The van der Waals surface area contributed by atoms with E-state index in [2.05, 4.69) is 17.0 Å². The van der Waals surface area contributed by atoms with Crippen LogP contribution >= 0.6 is 0 Å². The van der Waals surface area contributed by atoms with Gasteiger partial charge in [0.1, 0.15) is 0 Å². The summed E-state index contributed by atoms with van der Waals surface area (Å²) in [6.45, 7) is 6.00. The standard InChI is InChI=1S/C13H25NO3/c1-10(8-12-4-6-17-7-5-12)14-11(2)9-13(15)16-3/h10-12,14H,4-9H2,1-3H3/t10?,11-/m1/s1.